The molecule has 0 aromatic heterocycles. The van der Waals surface area contributed by atoms with Gasteiger partial charge in [0.25, 0.3) is 0 Å². The lowest BCUT2D eigenvalue weighted by molar-refractivity contribution is -0.144. The van der Waals surface area contributed by atoms with Crippen LogP contribution in [-0.2, 0) is 4.79 Å². The van der Waals surface area contributed by atoms with E-state index in [0.29, 0.717) is 6.54 Å². The maximum absolute atomic E-state index is 11.3. The zero-order valence-electron chi connectivity index (χ0n) is 9.47. The van der Waals surface area contributed by atoms with Crippen molar-refractivity contribution in [3.05, 3.63) is 35.9 Å². The van der Waals surface area contributed by atoms with E-state index in [1.165, 1.54) is 0 Å². The third-order valence-corrected chi connectivity index (χ3v) is 3.36. The molecule has 1 saturated heterocycles. The number of carboxylic acid groups (broad SMARTS) is 1. The molecule has 16 heavy (non-hydrogen) atoms. The van der Waals surface area contributed by atoms with E-state index in [4.69, 9.17) is 0 Å². The third-order valence-electron chi connectivity index (χ3n) is 3.36. The van der Waals surface area contributed by atoms with Crippen LogP contribution in [0.5, 0.6) is 0 Å². The maximum atomic E-state index is 11.3. The molecule has 0 aliphatic carbocycles. The molecular weight excluding hydrogens is 202 g/mol. The maximum Gasteiger partial charge on any atom is 0.308 e. The minimum Gasteiger partial charge on any atom is -0.481 e. The van der Waals surface area contributed by atoms with Gasteiger partial charge in [-0.15, -0.1) is 0 Å². The number of rotatable bonds is 2. The van der Waals surface area contributed by atoms with Crippen LogP contribution in [0.1, 0.15) is 17.9 Å². The molecule has 1 heterocycles. The van der Waals surface area contributed by atoms with Crippen molar-refractivity contribution in [1.82, 2.24) is 4.90 Å². The second-order valence-electron chi connectivity index (χ2n) is 4.51. The summed E-state index contributed by atoms with van der Waals surface area (Å²) in [7, 11) is 1.98. The van der Waals surface area contributed by atoms with Gasteiger partial charge in [0.05, 0.1) is 5.92 Å². The van der Waals surface area contributed by atoms with Gasteiger partial charge >= 0.3 is 5.97 Å². The molecule has 1 aliphatic rings. The van der Waals surface area contributed by atoms with E-state index in [9.17, 15) is 9.90 Å². The molecule has 3 nitrogen and oxygen atoms in total. The summed E-state index contributed by atoms with van der Waals surface area (Å²) in [6.07, 6.45) is 0.928. The fraction of sp³-hybridized carbons (Fsp3) is 0.462. The Hall–Kier alpha value is -1.35. The number of piperidine rings is 1. The lowest BCUT2D eigenvalue weighted by atomic mass is 9.80. The fourth-order valence-corrected chi connectivity index (χ4v) is 2.46. The summed E-state index contributed by atoms with van der Waals surface area (Å²) in [5.74, 6) is -0.795. The summed E-state index contributed by atoms with van der Waals surface area (Å²) in [4.78, 5) is 13.4. The Labute approximate surface area is 95.7 Å². The highest BCUT2D eigenvalue weighted by Gasteiger charge is 2.33. The van der Waals surface area contributed by atoms with Gasteiger partial charge in [-0.25, -0.2) is 0 Å². The van der Waals surface area contributed by atoms with Gasteiger partial charge in [-0.3, -0.25) is 4.79 Å². The van der Waals surface area contributed by atoms with Crippen molar-refractivity contribution < 1.29 is 9.90 Å². The summed E-state index contributed by atoms with van der Waals surface area (Å²) >= 11 is 0. The van der Waals surface area contributed by atoms with Crippen LogP contribution < -0.4 is 0 Å². The molecule has 0 radical (unpaired) electrons. The number of benzene rings is 1. The van der Waals surface area contributed by atoms with Crippen molar-refractivity contribution in [2.24, 2.45) is 5.92 Å². The van der Waals surface area contributed by atoms with Crippen molar-refractivity contribution in [1.29, 1.82) is 0 Å². The Morgan fingerprint density at radius 3 is 2.69 bits per heavy atom. The van der Waals surface area contributed by atoms with E-state index < -0.39 is 5.97 Å². The largest absolute Gasteiger partial charge is 0.481 e. The van der Waals surface area contributed by atoms with E-state index in [1.54, 1.807) is 0 Å². The second kappa shape index (κ2) is 4.66. The average Bonchev–Trinajstić information content (AvgIpc) is 2.30. The summed E-state index contributed by atoms with van der Waals surface area (Å²) in [5.41, 5.74) is 1.16. The number of likely N-dealkylation sites (tertiary alicyclic amines) is 1. The molecule has 1 aromatic rings. The topological polar surface area (TPSA) is 40.5 Å². The van der Waals surface area contributed by atoms with Crippen molar-refractivity contribution in [2.75, 3.05) is 20.1 Å². The Morgan fingerprint density at radius 2 is 2.06 bits per heavy atom. The summed E-state index contributed by atoms with van der Waals surface area (Å²) in [6, 6.07) is 9.99. The monoisotopic (exact) mass is 219 g/mol. The summed E-state index contributed by atoms with van der Waals surface area (Å²) in [6.45, 7) is 1.62. The first-order valence-corrected chi connectivity index (χ1v) is 5.65. The standard InChI is InChI=1S/C13H17NO2/c1-14-8-7-11(12(9-14)13(15)16)10-5-3-2-4-6-10/h2-6,11-12H,7-9H2,1H3,(H,15,16)/t11-,12-/m1/s1. The molecule has 0 spiro atoms. The van der Waals surface area contributed by atoms with Gasteiger partial charge in [0.2, 0.25) is 0 Å². The van der Waals surface area contributed by atoms with E-state index in [-0.39, 0.29) is 11.8 Å². The lowest BCUT2D eigenvalue weighted by Gasteiger charge is -2.34. The van der Waals surface area contributed by atoms with Gasteiger partial charge in [0.1, 0.15) is 0 Å². The number of hydrogen-bond donors (Lipinski definition) is 1. The molecule has 2 rings (SSSR count). The van der Waals surface area contributed by atoms with Crippen LogP contribution in [-0.4, -0.2) is 36.1 Å². The van der Waals surface area contributed by atoms with Gasteiger partial charge in [0, 0.05) is 6.54 Å². The highest BCUT2D eigenvalue weighted by molar-refractivity contribution is 5.72. The van der Waals surface area contributed by atoms with Crippen molar-refractivity contribution in [3.63, 3.8) is 0 Å². The van der Waals surface area contributed by atoms with Crippen LogP contribution in [0.3, 0.4) is 0 Å². The SMILES string of the molecule is CN1CC[C@H](c2ccccc2)[C@H](C(=O)O)C1. The summed E-state index contributed by atoms with van der Waals surface area (Å²) in [5, 5.41) is 9.26. The minimum atomic E-state index is -0.680. The van der Waals surface area contributed by atoms with Crippen LogP contribution in [0.15, 0.2) is 30.3 Å². The van der Waals surface area contributed by atoms with E-state index in [0.717, 1.165) is 18.5 Å². The zero-order chi connectivity index (χ0) is 11.5. The molecule has 0 unspecified atom stereocenters. The van der Waals surface area contributed by atoms with Crippen LogP contribution in [0.4, 0.5) is 0 Å². The second-order valence-corrected chi connectivity index (χ2v) is 4.51. The molecular formula is C13H17NO2. The predicted molar refractivity (Wildman–Crippen MR) is 62.4 cm³/mol. The van der Waals surface area contributed by atoms with Gasteiger partial charge in [0.15, 0.2) is 0 Å². The smallest absolute Gasteiger partial charge is 0.308 e. The summed E-state index contributed by atoms with van der Waals surface area (Å²) < 4.78 is 0. The van der Waals surface area contributed by atoms with Gasteiger partial charge in [-0.1, -0.05) is 30.3 Å². The number of hydrogen-bond acceptors (Lipinski definition) is 2. The average molecular weight is 219 g/mol. The van der Waals surface area contributed by atoms with Crippen molar-refractivity contribution in [3.8, 4) is 0 Å². The number of carboxylic acids is 1. The molecule has 0 bridgehead atoms. The zero-order valence-corrected chi connectivity index (χ0v) is 9.47. The van der Waals surface area contributed by atoms with Crippen molar-refractivity contribution >= 4 is 5.97 Å². The predicted octanol–water partition coefficient (Wildman–Crippen LogP) is 1.81. The van der Waals surface area contributed by atoms with Crippen LogP contribution >= 0.6 is 0 Å². The quantitative estimate of drug-likeness (QED) is 0.824. The van der Waals surface area contributed by atoms with Crippen LogP contribution in [0.25, 0.3) is 0 Å². The van der Waals surface area contributed by atoms with E-state index in [1.807, 2.05) is 37.4 Å². The third kappa shape index (κ3) is 2.25. The Bertz CT molecular complexity index is 363. The number of aliphatic carboxylic acids is 1. The van der Waals surface area contributed by atoms with Crippen LogP contribution in [0, 0.1) is 5.92 Å². The first-order valence-electron chi connectivity index (χ1n) is 5.65. The molecule has 1 fully saturated rings. The Balaban J connectivity index is 2.22. The molecule has 3 heteroatoms. The number of nitrogens with zero attached hydrogens (tertiary/aromatic N) is 1. The van der Waals surface area contributed by atoms with E-state index >= 15 is 0 Å². The van der Waals surface area contributed by atoms with Crippen molar-refractivity contribution in [2.45, 2.75) is 12.3 Å². The molecule has 0 amide bonds. The Morgan fingerprint density at radius 1 is 1.38 bits per heavy atom. The molecule has 1 N–H and O–H groups in total. The lowest BCUT2D eigenvalue weighted by Crippen LogP contribution is -2.40. The van der Waals surface area contributed by atoms with Gasteiger partial charge in [-0.2, -0.15) is 0 Å². The first-order chi connectivity index (χ1) is 7.68. The first kappa shape index (κ1) is 11.1. The molecule has 2 atom stereocenters. The Kier molecular flexibility index (Phi) is 3.25. The molecule has 1 aliphatic heterocycles. The van der Waals surface area contributed by atoms with Crippen LogP contribution in [0.2, 0.25) is 0 Å². The fourth-order valence-electron chi connectivity index (χ4n) is 2.46. The van der Waals surface area contributed by atoms with Gasteiger partial charge in [-0.05, 0) is 31.5 Å². The molecule has 86 valence electrons. The molecule has 0 saturated carbocycles. The normalized spacial score (nSPS) is 26.6. The highest BCUT2D eigenvalue weighted by atomic mass is 16.4. The minimum absolute atomic E-state index is 0.162. The van der Waals surface area contributed by atoms with Gasteiger partial charge < -0.3 is 10.0 Å². The van der Waals surface area contributed by atoms with E-state index in [2.05, 4.69) is 4.90 Å². The molecule has 1 aromatic carbocycles. The number of carbonyl (C=O) groups is 1. The highest BCUT2D eigenvalue weighted by Crippen LogP contribution is 2.32.